The van der Waals surface area contributed by atoms with Gasteiger partial charge in [-0.2, -0.15) is 0 Å². The summed E-state index contributed by atoms with van der Waals surface area (Å²) in [5.74, 6) is 0.448. The Morgan fingerprint density at radius 2 is 1.78 bits per heavy atom. The number of nitrogens with zero attached hydrogens (tertiary/aromatic N) is 1. The largest absolute Gasteiger partial charge is 0.360 e. The Labute approximate surface area is 167 Å². The maximum Gasteiger partial charge on any atom is 0.224 e. The lowest BCUT2D eigenvalue weighted by Crippen LogP contribution is -3.13. The van der Waals surface area contributed by atoms with Crippen molar-refractivity contribution in [2.45, 2.75) is 26.8 Å². The molecule has 27 heavy (non-hydrogen) atoms. The molecule has 2 N–H and O–H groups in total. The van der Waals surface area contributed by atoms with Gasteiger partial charge in [-0.25, -0.2) is 0 Å². The number of rotatable bonds is 6. The van der Waals surface area contributed by atoms with E-state index in [0.29, 0.717) is 12.3 Å². The van der Waals surface area contributed by atoms with E-state index >= 15 is 0 Å². The Morgan fingerprint density at radius 1 is 1.11 bits per heavy atom. The van der Waals surface area contributed by atoms with Gasteiger partial charge in [0, 0.05) is 28.4 Å². The summed E-state index contributed by atoms with van der Waals surface area (Å²) in [5.41, 5.74) is 3.31. The monoisotopic (exact) mass is 386 g/mol. The SMILES string of the molecule is CC(C)CC(=O)Nc1ccc(N2CC[NH+](Cc3ccccc3Cl)CC2)cc1. The van der Waals surface area contributed by atoms with E-state index in [1.54, 1.807) is 4.90 Å². The fraction of sp³-hybridized carbons (Fsp3) is 0.409. The van der Waals surface area contributed by atoms with E-state index in [2.05, 4.69) is 48.3 Å². The van der Waals surface area contributed by atoms with Crippen molar-refractivity contribution in [3.63, 3.8) is 0 Å². The zero-order valence-electron chi connectivity index (χ0n) is 16.2. The van der Waals surface area contributed by atoms with Crippen molar-refractivity contribution in [1.29, 1.82) is 0 Å². The van der Waals surface area contributed by atoms with E-state index in [1.165, 1.54) is 11.3 Å². The maximum absolute atomic E-state index is 11.9. The van der Waals surface area contributed by atoms with E-state index in [-0.39, 0.29) is 5.91 Å². The summed E-state index contributed by atoms with van der Waals surface area (Å²) in [6.45, 7) is 9.33. The third-order valence-corrected chi connectivity index (χ3v) is 5.35. The van der Waals surface area contributed by atoms with Crippen molar-refractivity contribution in [3.8, 4) is 0 Å². The Bertz CT molecular complexity index is 752. The molecule has 1 amide bonds. The number of halogens is 1. The second-order valence-electron chi connectivity index (χ2n) is 7.70. The molecule has 1 aliphatic heterocycles. The first-order valence-corrected chi connectivity index (χ1v) is 10.1. The van der Waals surface area contributed by atoms with Crippen LogP contribution in [-0.2, 0) is 11.3 Å². The summed E-state index contributed by atoms with van der Waals surface area (Å²) in [6.07, 6.45) is 0.553. The molecule has 5 heteroatoms. The fourth-order valence-electron chi connectivity index (χ4n) is 3.51. The zero-order chi connectivity index (χ0) is 19.2. The molecule has 0 unspecified atom stereocenters. The van der Waals surface area contributed by atoms with Gasteiger partial charge in [0.1, 0.15) is 6.54 Å². The van der Waals surface area contributed by atoms with Crippen LogP contribution in [0.5, 0.6) is 0 Å². The van der Waals surface area contributed by atoms with Crippen LogP contribution >= 0.6 is 11.6 Å². The van der Waals surface area contributed by atoms with Gasteiger partial charge < -0.3 is 15.1 Å². The number of hydrogen-bond donors (Lipinski definition) is 2. The Hall–Kier alpha value is -2.04. The third-order valence-electron chi connectivity index (χ3n) is 4.98. The molecule has 4 nitrogen and oxygen atoms in total. The smallest absolute Gasteiger partial charge is 0.224 e. The summed E-state index contributed by atoms with van der Waals surface area (Å²) in [5, 5.41) is 3.83. The lowest BCUT2D eigenvalue weighted by atomic mass is 10.1. The molecular weight excluding hydrogens is 358 g/mol. The minimum absolute atomic E-state index is 0.0783. The van der Waals surface area contributed by atoms with Crippen LogP contribution < -0.4 is 15.1 Å². The average Bonchev–Trinajstić information content (AvgIpc) is 2.64. The van der Waals surface area contributed by atoms with Crippen LogP contribution in [0.25, 0.3) is 0 Å². The molecule has 144 valence electrons. The van der Waals surface area contributed by atoms with E-state index in [4.69, 9.17) is 11.6 Å². The number of anilines is 2. The van der Waals surface area contributed by atoms with Crippen molar-refractivity contribution in [1.82, 2.24) is 0 Å². The number of hydrogen-bond acceptors (Lipinski definition) is 2. The first-order valence-electron chi connectivity index (χ1n) is 9.73. The average molecular weight is 387 g/mol. The number of nitrogens with one attached hydrogen (secondary N) is 2. The number of carbonyl (C=O) groups is 1. The predicted molar refractivity (Wildman–Crippen MR) is 113 cm³/mol. The summed E-state index contributed by atoms with van der Waals surface area (Å²) >= 11 is 6.29. The third kappa shape index (κ3) is 5.72. The highest BCUT2D eigenvalue weighted by molar-refractivity contribution is 6.31. The van der Waals surface area contributed by atoms with Crippen molar-refractivity contribution in [2.24, 2.45) is 5.92 Å². The van der Waals surface area contributed by atoms with E-state index in [9.17, 15) is 4.79 Å². The van der Waals surface area contributed by atoms with Gasteiger partial charge in [-0.3, -0.25) is 4.79 Å². The van der Waals surface area contributed by atoms with Gasteiger partial charge in [0.15, 0.2) is 0 Å². The molecule has 3 rings (SSSR count). The lowest BCUT2D eigenvalue weighted by molar-refractivity contribution is -0.914. The van der Waals surface area contributed by atoms with Crippen LogP contribution in [0.1, 0.15) is 25.8 Å². The first-order chi connectivity index (χ1) is 13.0. The van der Waals surface area contributed by atoms with Crippen LogP contribution in [0.3, 0.4) is 0 Å². The highest BCUT2D eigenvalue weighted by Crippen LogP contribution is 2.19. The fourth-order valence-corrected chi connectivity index (χ4v) is 3.71. The Morgan fingerprint density at radius 3 is 2.41 bits per heavy atom. The molecule has 2 aromatic rings. The second kappa shape index (κ2) is 9.25. The number of quaternary nitrogens is 1. The molecule has 0 radical (unpaired) electrons. The highest BCUT2D eigenvalue weighted by Gasteiger charge is 2.21. The predicted octanol–water partition coefficient (Wildman–Crippen LogP) is 3.23. The second-order valence-corrected chi connectivity index (χ2v) is 8.11. The Kier molecular flexibility index (Phi) is 6.75. The standard InChI is InChI=1S/C22H28ClN3O/c1-17(2)15-22(27)24-19-7-9-20(10-8-19)26-13-11-25(12-14-26)16-18-5-3-4-6-21(18)23/h3-10,17H,11-16H2,1-2H3,(H,24,27)/p+1. The molecule has 1 saturated heterocycles. The maximum atomic E-state index is 11.9. The van der Waals surface area contributed by atoms with Crippen LogP contribution in [-0.4, -0.2) is 32.1 Å². The zero-order valence-corrected chi connectivity index (χ0v) is 16.9. The highest BCUT2D eigenvalue weighted by atomic mass is 35.5. The van der Waals surface area contributed by atoms with Gasteiger partial charge in [0.2, 0.25) is 5.91 Å². The van der Waals surface area contributed by atoms with Gasteiger partial charge in [-0.1, -0.05) is 43.6 Å². The van der Waals surface area contributed by atoms with E-state index < -0.39 is 0 Å². The number of piperazine rings is 1. The molecule has 0 bridgehead atoms. The van der Waals surface area contributed by atoms with E-state index in [0.717, 1.165) is 43.4 Å². The lowest BCUT2D eigenvalue weighted by Gasteiger charge is -2.34. The van der Waals surface area contributed by atoms with Gasteiger partial charge in [-0.15, -0.1) is 0 Å². The quantitative estimate of drug-likeness (QED) is 0.799. The Balaban J connectivity index is 1.50. The summed E-state index contributed by atoms with van der Waals surface area (Å²) < 4.78 is 0. The van der Waals surface area contributed by atoms with Crippen LogP contribution in [0.2, 0.25) is 5.02 Å². The molecule has 0 aliphatic carbocycles. The molecule has 0 saturated carbocycles. The molecule has 0 atom stereocenters. The van der Waals surface area contributed by atoms with Crippen LogP contribution in [0.15, 0.2) is 48.5 Å². The number of benzene rings is 2. The van der Waals surface area contributed by atoms with Crippen molar-refractivity contribution >= 4 is 28.9 Å². The molecule has 1 fully saturated rings. The summed E-state index contributed by atoms with van der Waals surface area (Å²) in [7, 11) is 0. The van der Waals surface area contributed by atoms with Crippen molar-refractivity contribution < 1.29 is 9.69 Å². The minimum atomic E-state index is 0.0783. The molecule has 0 spiro atoms. The molecular formula is C22H29ClN3O+. The van der Waals surface area contributed by atoms with Gasteiger partial charge in [0.05, 0.1) is 26.2 Å². The number of carbonyl (C=O) groups excluding carboxylic acids is 1. The van der Waals surface area contributed by atoms with Crippen molar-refractivity contribution in [3.05, 3.63) is 59.1 Å². The molecule has 1 aliphatic rings. The molecule has 2 aromatic carbocycles. The number of amides is 1. The topological polar surface area (TPSA) is 36.8 Å². The van der Waals surface area contributed by atoms with Crippen LogP contribution in [0.4, 0.5) is 11.4 Å². The van der Waals surface area contributed by atoms with Gasteiger partial charge >= 0.3 is 0 Å². The van der Waals surface area contributed by atoms with Crippen molar-refractivity contribution in [2.75, 3.05) is 36.4 Å². The molecule has 0 aromatic heterocycles. The van der Waals surface area contributed by atoms with E-state index in [1.807, 2.05) is 24.3 Å². The summed E-state index contributed by atoms with van der Waals surface area (Å²) in [6, 6.07) is 16.3. The normalized spacial score (nSPS) is 15.2. The summed E-state index contributed by atoms with van der Waals surface area (Å²) in [4.78, 5) is 15.9. The van der Waals surface area contributed by atoms with Gasteiger partial charge in [-0.05, 0) is 36.2 Å². The van der Waals surface area contributed by atoms with Crippen LogP contribution in [0, 0.1) is 5.92 Å². The van der Waals surface area contributed by atoms with Gasteiger partial charge in [0.25, 0.3) is 0 Å². The molecule has 1 heterocycles. The minimum Gasteiger partial charge on any atom is -0.360 e. The first kappa shape index (κ1) is 19.7.